The topological polar surface area (TPSA) is 67.5 Å². The molecule has 1 saturated heterocycles. The van der Waals surface area contributed by atoms with Gasteiger partial charge in [0.15, 0.2) is 11.5 Å². The number of H-pyrrole nitrogens is 1. The van der Waals surface area contributed by atoms with Gasteiger partial charge in [-0.25, -0.2) is 4.98 Å². The number of nitrogens with one attached hydrogen (secondary N) is 1. The highest BCUT2D eigenvalue weighted by molar-refractivity contribution is 6.31. The zero-order valence-corrected chi connectivity index (χ0v) is 16.7. The number of nitrogens with zero attached hydrogens (tertiary/aromatic N) is 2. The van der Waals surface area contributed by atoms with Gasteiger partial charge >= 0.3 is 0 Å². The van der Waals surface area contributed by atoms with E-state index in [0.717, 1.165) is 37.3 Å². The molecule has 29 heavy (non-hydrogen) atoms. The first kappa shape index (κ1) is 18.5. The van der Waals surface area contributed by atoms with Gasteiger partial charge in [0.25, 0.3) is 5.56 Å². The van der Waals surface area contributed by atoms with Gasteiger partial charge in [-0.3, -0.25) is 9.69 Å². The maximum Gasteiger partial charge on any atom is 0.258 e. The number of rotatable bonds is 3. The SMILES string of the molecule is O=c1[nH]c(CN2CCC[C@H]2c2ccc3c(c2)OCCCO3)nc2ccc(Cl)cc12. The van der Waals surface area contributed by atoms with Gasteiger partial charge in [-0.15, -0.1) is 0 Å². The van der Waals surface area contributed by atoms with E-state index in [4.69, 9.17) is 21.1 Å². The molecule has 3 aromatic rings. The van der Waals surface area contributed by atoms with Gasteiger partial charge < -0.3 is 14.5 Å². The highest BCUT2D eigenvalue weighted by Crippen LogP contribution is 2.38. The molecule has 7 heteroatoms. The van der Waals surface area contributed by atoms with Gasteiger partial charge in [0, 0.05) is 17.5 Å². The molecule has 0 aliphatic carbocycles. The molecule has 0 unspecified atom stereocenters. The molecule has 150 valence electrons. The third kappa shape index (κ3) is 3.70. The summed E-state index contributed by atoms with van der Waals surface area (Å²) in [6, 6.07) is 11.7. The van der Waals surface area contributed by atoms with Crippen molar-refractivity contribution < 1.29 is 9.47 Å². The summed E-state index contributed by atoms with van der Waals surface area (Å²) in [5.74, 6) is 2.31. The number of halogens is 1. The molecule has 1 aromatic heterocycles. The summed E-state index contributed by atoms with van der Waals surface area (Å²) in [6.45, 7) is 2.92. The van der Waals surface area contributed by atoms with Crippen molar-refractivity contribution in [3.63, 3.8) is 0 Å². The second-order valence-electron chi connectivity index (χ2n) is 7.56. The van der Waals surface area contributed by atoms with Crippen molar-refractivity contribution in [3.8, 4) is 11.5 Å². The van der Waals surface area contributed by atoms with Crippen LogP contribution in [-0.4, -0.2) is 34.6 Å². The fourth-order valence-electron chi connectivity index (χ4n) is 4.21. The zero-order valence-electron chi connectivity index (χ0n) is 16.0. The van der Waals surface area contributed by atoms with Crippen molar-refractivity contribution in [1.82, 2.24) is 14.9 Å². The molecular formula is C22H22ClN3O3. The lowest BCUT2D eigenvalue weighted by molar-refractivity contribution is 0.241. The van der Waals surface area contributed by atoms with Gasteiger partial charge in [-0.05, 0) is 55.3 Å². The Morgan fingerprint density at radius 3 is 2.86 bits per heavy atom. The second kappa shape index (κ2) is 7.69. The lowest BCUT2D eigenvalue weighted by Gasteiger charge is -2.25. The van der Waals surface area contributed by atoms with Crippen molar-refractivity contribution >= 4 is 22.5 Å². The predicted molar refractivity (Wildman–Crippen MR) is 112 cm³/mol. The van der Waals surface area contributed by atoms with E-state index in [1.165, 1.54) is 5.56 Å². The second-order valence-corrected chi connectivity index (χ2v) is 8.00. The van der Waals surface area contributed by atoms with E-state index in [9.17, 15) is 4.79 Å². The summed E-state index contributed by atoms with van der Waals surface area (Å²) in [7, 11) is 0. The number of ether oxygens (including phenoxy) is 2. The number of likely N-dealkylation sites (tertiary alicyclic amines) is 1. The van der Waals surface area contributed by atoms with E-state index >= 15 is 0 Å². The van der Waals surface area contributed by atoms with Crippen LogP contribution in [0, 0.1) is 0 Å². The molecule has 2 aliphatic rings. The predicted octanol–water partition coefficient (Wildman–Crippen LogP) is 4.07. The number of benzene rings is 2. The van der Waals surface area contributed by atoms with Crippen molar-refractivity contribution in [1.29, 1.82) is 0 Å². The molecule has 1 N–H and O–H groups in total. The van der Waals surface area contributed by atoms with Crippen LogP contribution in [0.15, 0.2) is 41.2 Å². The summed E-state index contributed by atoms with van der Waals surface area (Å²) >= 11 is 6.01. The third-order valence-electron chi connectivity index (χ3n) is 5.59. The molecule has 1 atom stereocenters. The largest absolute Gasteiger partial charge is 0.490 e. The van der Waals surface area contributed by atoms with Crippen LogP contribution in [0.25, 0.3) is 10.9 Å². The Kier molecular flexibility index (Phi) is 4.89. The summed E-state index contributed by atoms with van der Waals surface area (Å²) in [4.78, 5) is 22.4. The number of hydrogen-bond acceptors (Lipinski definition) is 5. The summed E-state index contributed by atoms with van der Waals surface area (Å²) in [5.41, 5.74) is 1.72. The van der Waals surface area contributed by atoms with Crippen LogP contribution in [0.2, 0.25) is 5.02 Å². The standard InChI is InChI=1S/C22H22ClN3O3/c23-15-5-6-17-16(12-15)22(27)25-21(24-17)13-26-8-1-3-18(26)14-4-7-19-20(11-14)29-10-2-9-28-19/h4-7,11-12,18H,1-3,8-10,13H2,(H,24,25,27)/t18-/m0/s1. The van der Waals surface area contributed by atoms with Crippen LogP contribution >= 0.6 is 11.6 Å². The molecule has 5 rings (SSSR count). The molecule has 2 aromatic carbocycles. The lowest BCUT2D eigenvalue weighted by Crippen LogP contribution is -2.25. The molecule has 1 fully saturated rings. The van der Waals surface area contributed by atoms with E-state index in [-0.39, 0.29) is 11.6 Å². The van der Waals surface area contributed by atoms with Crippen LogP contribution in [0.3, 0.4) is 0 Å². The maximum atomic E-state index is 12.5. The van der Waals surface area contributed by atoms with Gasteiger partial charge in [0.1, 0.15) is 5.82 Å². The molecule has 3 heterocycles. The molecule has 2 aliphatic heterocycles. The van der Waals surface area contributed by atoms with Crippen molar-refractivity contribution in [2.75, 3.05) is 19.8 Å². The third-order valence-corrected chi connectivity index (χ3v) is 5.82. The van der Waals surface area contributed by atoms with Crippen LogP contribution in [0.1, 0.15) is 36.7 Å². The minimum absolute atomic E-state index is 0.154. The Hall–Kier alpha value is -2.57. The molecule has 6 nitrogen and oxygen atoms in total. The first-order chi connectivity index (χ1) is 14.2. The molecule has 0 spiro atoms. The van der Waals surface area contributed by atoms with Crippen LogP contribution in [0.4, 0.5) is 0 Å². The van der Waals surface area contributed by atoms with Crippen molar-refractivity contribution in [2.24, 2.45) is 0 Å². The first-order valence-corrected chi connectivity index (χ1v) is 10.4. The zero-order chi connectivity index (χ0) is 19.8. The van der Waals surface area contributed by atoms with Crippen molar-refractivity contribution in [3.05, 3.63) is 63.2 Å². The Bertz CT molecular complexity index is 1110. The van der Waals surface area contributed by atoms with E-state index < -0.39 is 0 Å². The highest BCUT2D eigenvalue weighted by atomic mass is 35.5. The first-order valence-electron chi connectivity index (χ1n) is 9.99. The summed E-state index contributed by atoms with van der Waals surface area (Å²) < 4.78 is 11.6. The molecule has 0 bridgehead atoms. The normalized spacial score (nSPS) is 19.4. The highest BCUT2D eigenvalue weighted by Gasteiger charge is 2.28. The molecular weight excluding hydrogens is 390 g/mol. The number of fused-ring (bicyclic) bond motifs is 2. The van der Waals surface area contributed by atoms with Crippen LogP contribution < -0.4 is 15.0 Å². The molecule has 0 amide bonds. The van der Waals surface area contributed by atoms with E-state index in [0.29, 0.717) is 41.5 Å². The number of hydrogen-bond donors (Lipinski definition) is 1. The Balaban J connectivity index is 1.42. The van der Waals surface area contributed by atoms with Gasteiger partial charge in [0.05, 0.1) is 30.7 Å². The Labute approximate surface area is 173 Å². The molecule has 0 radical (unpaired) electrons. The number of aromatic amines is 1. The number of aromatic nitrogens is 2. The van der Waals surface area contributed by atoms with E-state index in [2.05, 4.69) is 27.0 Å². The summed E-state index contributed by atoms with van der Waals surface area (Å²) in [6.07, 6.45) is 3.06. The van der Waals surface area contributed by atoms with Gasteiger partial charge in [0.2, 0.25) is 0 Å². The average molecular weight is 412 g/mol. The van der Waals surface area contributed by atoms with Crippen LogP contribution in [0.5, 0.6) is 11.5 Å². The minimum Gasteiger partial charge on any atom is -0.490 e. The molecule has 0 saturated carbocycles. The fourth-order valence-corrected chi connectivity index (χ4v) is 4.38. The lowest BCUT2D eigenvalue weighted by atomic mass is 10.0. The monoisotopic (exact) mass is 411 g/mol. The summed E-state index contributed by atoms with van der Waals surface area (Å²) in [5, 5.41) is 1.05. The van der Waals surface area contributed by atoms with Gasteiger partial charge in [-0.1, -0.05) is 17.7 Å². The Morgan fingerprint density at radius 2 is 1.97 bits per heavy atom. The smallest absolute Gasteiger partial charge is 0.258 e. The Morgan fingerprint density at radius 1 is 1.10 bits per heavy atom. The van der Waals surface area contributed by atoms with E-state index in [1.807, 2.05) is 6.07 Å². The maximum absolute atomic E-state index is 12.5. The van der Waals surface area contributed by atoms with Crippen LogP contribution in [-0.2, 0) is 6.54 Å². The quantitative estimate of drug-likeness (QED) is 0.703. The fraction of sp³-hybridized carbons (Fsp3) is 0.364. The minimum atomic E-state index is -0.154. The van der Waals surface area contributed by atoms with E-state index in [1.54, 1.807) is 18.2 Å². The van der Waals surface area contributed by atoms with Gasteiger partial charge in [-0.2, -0.15) is 0 Å². The van der Waals surface area contributed by atoms with Crippen molar-refractivity contribution in [2.45, 2.75) is 31.8 Å². The average Bonchev–Trinajstić information content (AvgIpc) is 3.04.